The van der Waals surface area contributed by atoms with Crippen molar-refractivity contribution in [1.82, 2.24) is 20.6 Å². The minimum atomic E-state index is -0.561. The third kappa shape index (κ3) is 4.30. The predicted molar refractivity (Wildman–Crippen MR) is 125 cm³/mol. The Hall–Kier alpha value is -4.33. The molecule has 1 aliphatic carbocycles. The zero-order chi connectivity index (χ0) is 23.5. The van der Waals surface area contributed by atoms with E-state index in [-0.39, 0.29) is 12.4 Å². The lowest BCUT2D eigenvalue weighted by Gasteiger charge is -2.08. The number of hydrogen-bond acceptors (Lipinski definition) is 5. The van der Waals surface area contributed by atoms with Gasteiger partial charge in [0.05, 0.1) is 5.69 Å². The van der Waals surface area contributed by atoms with Gasteiger partial charge in [0.1, 0.15) is 18.1 Å². The topological polar surface area (TPSA) is 98.4 Å². The Labute approximate surface area is 196 Å². The maximum absolute atomic E-state index is 12.9. The number of aromatic nitrogens is 2. The molecule has 0 aliphatic heterocycles. The Morgan fingerprint density at radius 2 is 1.74 bits per heavy atom. The first-order chi connectivity index (χ1) is 16.6. The number of hydrogen-bond donors (Lipinski definition) is 2. The van der Waals surface area contributed by atoms with E-state index in [2.05, 4.69) is 16.0 Å². The van der Waals surface area contributed by atoms with Crippen molar-refractivity contribution < 1.29 is 18.7 Å². The third-order valence-electron chi connectivity index (χ3n) is 5.79. The molecule has 8 heteroatoms. The standard InChI is InChI=1S/C26H24N4O4/c1-17-8-5-6-12-21(17)30-22-13-7-11-20(22)24(29-30)26(32)28-27-25(31)23-15-14-19(34-23)16-33-18-9-3-2-4-10-18/h2-6,8-10,12,14-15H,7,11,13,16H2,1H3,(H,27,31)(H,28,32). The number of benzene rings is 2. The maximum atomic E-state index is 12.9. The van der Waals surface area contributed by atoms with Gasteiger partial charge in [-0.05, 0) is 62.1 Å². The predicted octanol–water partition coefficient (Wildman–Crippen LogP) is 3.92. The highest BCUT2D eigenvalue weighted by Gasteiger charge is 2.27. The Balaban J connectivity index is 1.24. The van der Waals surface area contributed by atoms with Gasteiger partial charge < -0.3 is 9.15 Å². The summed E-state index contributed by atoms with van der Waals surface area (Å²) in [4.78, 5) is 25.4. The molecule has 2 amide bonds. The van der Waals surface area contributed by atoms with Crippen molar-refractivity contribution in [3.8, 4) is 11.4 Å². The molecule has 0 radical (unpaired) electrons. The molecule has 4 aromatic rings. The van der Waals surface area contributed by atoms with Crippen LogP contribution >= 0.6 is 0 Å². The Morgan fingerprint density at radius 1 is 0.971 bits per heavy atom. The highest BCUT2D eigenvalue weighted by Crippen LogP contribution is 2.28. The van der Waals surface area contributed by atoms with Gasteiger partial charge >= 0.3 is 5.91 Å². The van der Waals surface area contributed by atoms with Gasteiger partial charge in [0.25, 0.3) is 5.91 Å². The molecule has 2 aromatic carbocycles. The first kappa shape index (κ1) is 21.5. The molecule has 0 saturated heterocycles. The van der Waals surface area contributed by atoms with E-state index in [1.54, 1.807) is 6.07 Å². The van der Waals surface area contributed by atoms with Gasteiger partial charge in [0.2, 0.25) is 0 Å². The fraction of sp³-hybridized carbons (Fsp3) is 0.192. The van der Waals surface area contributed by atoms with E-state index in [4.69, 9.17) is 9.15 Å². The number of furan rings is 1. The zero-order valence-corrected chi connectivity index (χ0v) is 18.7. The van der Waals surface area contributed by atoms with Gasteiger partial charge in [-0.25, -0.2) is 4.68 Å². The first-order valence-electron chi connectivity index (χ1n) is 11.1. The van der Waals surface area contributed by atoms with Crippen molar-refractivity contribution in [2.24, 2.45) is 0 Å². The third-order valence-corrected chi connectivity index (χ3v) is 5.79. The molecule has 2 heterocycles. The van der Waals surface area contributed by atoms with E-state index in [1.165, 1.54) is 6.07 Å². The quantitative estimate of drug-likeness (QED) is 0.429. The molecule has 172 valence electrons. The molecule has 0 unspecified atom stereocenters. The van der Waals surface area contributed by atoms with Crippen LogP contribution in [0.5, 0.6) is 5.75 Å². The van der Waals surface area contributed by atoms with E-state index in [9.17, 15) is 9.59 Å². The van der Waals surface area contributed by atoms with Crippen molar-refractivity contribution in [3.05, 3.63) is 101 Å². The van der Waals surface area contributed by atoms with Crippen LogP contribution in [0.3, 0.4) is 0 Å². The lowest BCUT2D eigenvalue weighted by molar-refractivity contribution is 0.0825. The van der Waals surface area contributed by atoms with Gasteiger partial charge in [-0.1, -0.05) is 36.4 Å². The molecule has 0 fully saturated rings. The molecule has 2 aromatic heterocycles. The number of aryl methyl sites for hydroxylation is 1. The van der Waals surface area contributed by atoms with Crippen LogP contribution in [-0.4, -0.2) is 21.6 Å². The number of nitrogens with zero attached hydrogens (tertiary/aromatic N) is 2. The van der Waals surface area contributed by atoms with Crippen molar-refractivity contribution in [2.45, 2.75) is 32.8 Å². The second kappa shape index (κ2) is 9.27. The zero-order valence-electron chi connectivity index (χ0n) is 18.7. The fourth-order valence-electron chi connectivity index (χ4n) is 4.10. The molecule has 0 atom stereocenters. The van der Waals surface area contributed by atoms with Crippen LogP contribution in [0.4, 0.5) is 0 Å². The van der Waals surface area contributed by atoms with Crippen LogP contribution in [0.25, 0.3) is 5.69 Å². The van der Waals surface area contributed by atoms with Gasteiger partial charge in [-0.15, -0.1) is 0 Å². The van der Waals surface area contributed by atoms with E-state index in [1.807, 2.05) is 66.2 Å². The molecular formula is C26H24N4O4. The van der Waals surface area contributed by atoms with E-state index < -0.39 is 11.8 Å². The number of hydrazine groups is 1. The number of ether oxygens (including phenoxy) is 1. The average Bonchev–Trinajstić information content (AvgIpc) is 3.59. The van der Waals surface area contributed by atoms with Crippen molar-refractivity contribution in [2.75, 3.05) is 0 Å². The summed E-state index contributed by atoms with van der Waals surface area (Å²) in [5.41, 5.74) is 9.20. The fourth-order valence-corrected chi connectivity index (χ4v) is 4.10. The summed E-state index contributed by atoms with van der Waals surface area (Å²) < 4.78 is 13.0. The molecule has 0 saturated carbocycles. The molecular weight excluding hydrogens is 432 g/mol. The van der Waals surface area contributed by atoms with Crippen LogP contribution < -0.4 is 15.6 Å². The maximum Gasteiger partial charge on any atom is 0.305 e. The SMILES string of the molecule is Cc1ccccc1-n1nc(C(=O)NNC(=O)c2ccc(COc3ccccc3)o2)c2c1CCC2. The lowest BCUT2D eigenvalue weighted by Crippen LogP contribution is -2.42. The van der Waals surface area contributed by atoms with Crippen LogP contribution in [0.2, 0.25) is 0 Å². The van der Waals surface area contributed by atoms with Gasteiger partial charge in [0.15, 0.2) is 11.5 Å². The summed E-state index contributed by atoms with van der Waals surface area (Å²) in [7, 11) is 0. The number of carbonyl (C=O) groups excluding carboxylic acids is 2. The lowest BCUT2D eigenvalue weighted by atomic mass is 10.2. The first-order valence-corrected chi connectivity index (χ1v) is 11.1. The summed E-state index contributed by atoms with van der Waals surface area (Å²) >= 11 is 0. The van der Waals surface area contributed by atoms with Crippen LogP contribution in [0.15, 0.2) is 71.1 Å². The summed E-state index contributed by atoms with van der Waals surface area (Å²) in [6.45, 7) is 2.20. The number of carbonyl (C=O) groups is 2. The number of para-hydroxylation sites is 2. The highest BCUT2D eigenvalue weighted by atomic mass is 16.5. The monoisotopic (exact) mass is 456 g/mol. The van der Waals surface area contributed by atoms with E-state index >= 15 is 0 Å². The average molecular weight is 457 g/mol. The Kier molecular flexibility index (Phi) is 5.86. The molecule has 5 rings (SSSR count). The number of rotatable bonds is 6. The van der Waals surface area contributed by atoms with Gasteiger partial charge in [-0.2, -0.15) is 5.10 Å². The van der Waals surface area contributed by atoms with Crippen molar-refractivity contribution in [1.29, 1.82) is 0 Å². The molecule has 0 bridgehead atoms. The van der Waals surface area contributed by atoms with Gasteiger partial charge in [0, 0.05) is 11.3 Å². The van der Waals surface area contributed by atoms with Crippen LogP contribution in [0.1, 0.15) is 50.0 Å². The number of fused-ring (bicyclic) bond motifs is 1. The smallest absolute Gasteiger partial charge is 0.305 e. The largest absolute Gasteiger partial charge is 0.486 e. The molecule has 8 nitrogen and oxygen atoms in total. The Morgan fingerprint density at radius 3 is 2.56 bits per heavy atom. The summed E-state index contributed by atoms with van der Waals surface area (Å²) in [6, 6.07) is 20.4. The molecule has 0 spiro atoms. The second-order valence-corrected chi connectivity index (χ2v) is 8.10. The highest BCUT2D eigenvalue weighted by molar-refractivity contribution is 5.98. The minimum Gasteiger partial charge on any atom is -0.486 e. The molecule has 1 aliphatic rings. The molecule has 2 N–H and O–H groups in total. The van der Waals surface area contributed by atoms with Crippen LogP contribution in [-0.2, 0) is 19.4 Å². The summed E-state index contributed by atoms with van der Waals surface area (Å²) in [6.07, 6.45) is 2.60. The van der Waals surface area contributed by atoms with Crippen LogP contribution in [0, 0.1) is 6.92 Å². The van der Waals surface area contributed by atoms with Crippen molar-refractivity contribution in [3.63, 3.8) is 0 Å². The minimum absolute atomic E-state index is 0.0719. The van der Waals surface area contributed by atoms with E-state index in [0.717, 1.165) is 41.8 Å². The molecule has 34 heavy (non-hydrogen) atoms. The second-order valence-electron chi connectivity index (χ2n) is 8.10. The number of amides is 2. The van der Waals surface area contributed by atoms with E-state index in [0.29, 0.717) is 17.2 Å². The summed E-state index contributed by atoms with van der Waals surface area (Å²) in [5, 5.41) is 4.58. The summed E-state index contributed by atoms with van der Waals surface area (Å²) in [5.74, 6) is 0.250. The Bertz CT molecular complexity index is 1340. The van der Waals surface area contributed by atoms with Crippen molar-refractivity contribution >= 4 is 11.8 Å². The number of nitrogens with one attached hydrogen (secondary N) is 2. The van der Waals surface area contributed by atoms with Gasteiger partial charge in [-0.3, -0.25) is 20.4 Å². The normalized spacial score (nSPS) is 12.3.